The number of aromatic nitrogens is 1. The van der Waals surface area contributed by atoms with Crippen LogP contribution < -0.4 is 14.6 Å². The molecule has 25 heavy (non-hydrogen) atoms. The summed E-state index contributed by atoms with van der Waals surface area (Å²) in [7, 11) is 3.04. The lowest BCUT2D eigenvalue weighted by Crippen LogP contribution is -3.06. The molecule has 8 nitrogen and oxygen atoms in total. The average Bonchev–Trinajstić information content (AvgIpc) is 2.62. The molecule has 0 saturated carbocycles. The Morgan fingerprint density at radius 3 is 2.40 bits per heavy atom. The number of hydrogen-bond donors (Lipinski definition) is 1. The second-order valence-electron chi connectivity index (χ2n) is 5.03. The van der Waals surface area contributed by atoms with Crippen LogP contribution in [0.25, 0.3) is 0 Å². The van der Waals surface area contributed by atoms with Gasteiger partial charge in [0.05, 0.1) is 20.6 Å². The lowest BCUT2D eigenvalue weighted by Gasteiger charge is -2.14. The zero-order chi connectivity index (χ0) is 17.5. The van der Waals surface area contributed by atoms with Gasteiger partial charge in [0.2, 0.25) is 0 Å². The number of nitrogens with one attached hydrogen (secondary N) is 1. The van der Waals surface area contributed by atoms with Crippen LogP contribution in [0.15, 0.2) is 47.8 Å². The Morgan fingerprint density at radius 1 is 1.16 bits per heavy atom. The normalized spacial score (nSPS) is 12.1. The Kier molecular flexibility index (Phi) is 7.67. The highest BCUT2D eigenvalue weighted by atomic mass is 16.5. The molecule has 1 amide bonds. The topological polar surface area (TPSA) is 120 Å². The van der Waals surface area contributed by atoms with Gasteiger partial charge in [0, 0.05) is 18.0 Å². The number of rotatable bonds is 6. The molecular weight excluding hydrogens is 326 g/mol. The number of benzene rings is 1. The highest BCUT2D eigenvalue weighted by Gasteiger charge is 2.14. The van der Waals surface area contributed by atoms with Crippen molar-refractivity contribution in [2.45, 2.75) is 13.3 Å². The number of ether oxygens (including phenoxy) is 2. The molecule has 0 spiro atoms. The zero-order valence-corrected chi connectivity index (χ0v) is 14.3. The fraction of sp³-hybridized carbons (Fsp3) is 0.235. The molecule has 0 saturated heterocycles. The number of carbonyl (C=O) groups excluding carboxylic acids is 1. The molecule has 3 N–H and O–H groups in total. The number of amides is 1. The maximum absolute atomic E-state index is 12.1. The molecule has 0 radical (unpaired) electrons. The van der Waals surface area contributed by atoms with Gasteiger partial charge in [-0.3, -0.25) is 4.98 Å². The Labute approximate surface area is 145 Å². The first-order chi connectivity index (χ1) is 11.5. The molecule has 0 aliphatic rings. The van der Waals surface area contributed by atoms with Gasteiger partial charge in [0.15, 0.2) is 11.5 Å². The highest BCUT2D eigenvalue weighted by Crippen LogP contribution is 2.27. The lowest BCUT2D eigenvalue weighted by molar-refractivity contribution is -0.772. The summed E-state index contributed by atoms with van der Waals surface area (Å²) in [5, 5.41) is 15.1. The van der Waals surface area contributed by atoms with E-state index in [1.165, 1.54) is 14.2 Å². The Hall–Kier alpha value is -2.81. The van der Waals surface area contributed by atoms with E-state index in [0.29, 0.717) is 22.8 Å². The smallest absolute Gasteiger partial charge is 0.342 e. The largest absolute Gasteiger partial charge is 0.599 e. The monoisotopic (exact) mass is 347 g/mol. The van der Waals surface area contributed by atoms with Crippen LogP contribution >= 0.6 is 0 Å². The number of quaternary nitrogens is 1. The molecule has 8 heteroatoms. The summed E-state index contributed by atoms with van der Waals surface area (Å²) in [5.41, 5.74) is 1.88. The van der Waals surface area contributed by atoms with Crippen LogP contribution in [-0.2, 0) is 11.2 Å². The zero-order valence-electron chi connectivity index (χ0n) is 14.3. The second-order valence-corrected chi connectivity index (χ2v) is 5.03. The van der Waals surface area contributed by atoms with E-state index in [-0.39, 0.29) is 11.9 Å². The first kappa shape index (κ1) is 20.2. The van der Waals surface area contributed by atoms with Crippen LogP contribution in [0.5, 0.6) is 11.5 Å². The van der Waals surface area contributed by atoms with E-state index < -0.39 is 11.1 Å². The van der Waals surface area contributed by atoms with Gasteiger partial charge < -0.3 is 20.2 Å². The molecule has 0 aliphatic heterocycles. The Bertz CT molecular complexity index is 734. The van der Waals surface area contributed by atoms with Gasteiger partial charge in [-0.05, 0) is 36.8 Å². The van der Waals surface area contributed by atoms with Crippen molar-refractivity contribution in [2.24, 2.45) is 5.10 Å². The summed E-state index contributed by atoms with van der Waals surface area (Å²) in [6, 6.07) is 8.53. The van der Waals surface area contributed by atoms with E-state index in [1.807, 2.05) is 0 Å². The molecule has 1 aromatic carbocycles. The summed E-state index contributed by atoms with van der Waals surface area (Å²) in [4.78, 5) is 16.0. The third kappa shape index (κ3) is 5.35. The average molecular weight is 347 g/mol. The van der Waals surface area contributed by atoms with E-state index >= 15 is 0 Å². The Balaban J connectivity index is 0.00000312. The van der Waals surface area contributed by atoms with E-state index in [4.69, 9.17) is 9.47 Å². The van der Waals surface area contributed by atoms with Crippen molar-refractivity contribution in [3.63, 3.8) is 0 Å². The summed E-state index contributed by atoms with van der Waals surface area (Å²) in [6.07, 6.45) is 3.15. The summed E-state index contributed by atoms with van der Waals surface area (Å²) < 4.78 is 10.3. The van der Waals surface area contributed by atoms with E-state index in [0.717, 1.165) is 5.56 Å². The molecular formula is C17H21N3O5. The molecule has 2 rings (SSSR count). The number of pyridine rings is 1. The number of carbonyl (C=O) groups is 1. The van der Waals surface area contributed by atoms with E-state index in [9.17, 15) is 10.0 Å². The van der Waals surface area contributed by atoms with Crippen molar-refractivity contribution in [3.8, 4) is 11.5 Å². The third-order valence-electron chi connectivity index (χ3n) is 3.42. The lowest BCUT2D eigenvalue weighted by atomic mass is 10.1. The van der Waals surface area contributed by atoms with Gasteiger partial charge in [-0.2, -0.15) is 5.17 Å². The second kappa shape index (κ2) is 9.48. The number of hydrogen-bond acceptors (Lipinski definition) is 6. The minimum absolute atomic E-state index is 0. The summed E-state index contributed by atoms with van der Waals surface area (Å²) in [6.45, 7) is 1.68. The van der Waals surface area contributed by atoms with Gasteiger partial charge in [0.1, 0.15) is 5.71 Å². The van der Waals surface area contributed by atoms with Gasteiger partial charge >= 0.3 is 5.91 Å². The van der Waals surface area contributed by atoms with Crippen LogP contribution in [0.4, 0.5) is 0 Å². The minimum atomic E-state index is -0.779. The molecule has 0 bridgehead atoms. The fourth-order valence-electron chi connectivity index (χ4n) is 2.12. The van der Waals surface area contributed by atoms with Crippen molar-refractivity contribution in [3.05, 3.63) is 59.1 Å². The number of nitrogens with zero attached hydrogens (tertiary/aromatic N) is 2. The van der Waals surface area contributed by atoms with Crippen LogP contribution in [0, 0.1) is 5.21 Å². The molecule has 0 aliphatic carbocycles. The van der Waals surface area contributed by atoms with Crippen molar-refractivity contribution in [1.82, 2.24) is 4.98 Å². The highest BCUT2D eigenvalue weighted by molar-refractivity contribution is 5.98. The first-order valence-electron chi connectivity index (χ1n) is 7.29. The third-order valence-corrected chi connectivity index (χ3v) is 3.42. The van der Waals surface area contributed by atoms with Crippen molar-refractivity contribution in [2.75, 3.05) is 14.2 Å². The van der Waals surface area contributed by atoms with E-state index in [2.05, 4.69) is 10.1 Å². The Morgan fingerprint density at radius 2 is 1.80 bits per heavy atom. The molecule has 1 unspecified atom stereocenters. The van der Waals surface area contributed by atoms with Crippen LogP contribution in [0.1, 0.15) is 18.1 Å². The summed E-state index contributed by atoms with van der Waals surface area (Å²) >= 11 is 0. The van der Waals surface area contributed by atoms with Crippen LogP contribution in [0.3, 0.4) is 0 Å². The van der Waals surface area contributed by atoms with E-state index in [1.54, 1.807) is 49.6 Å². The maximum Gasteiger partial charge on any atom is 0.342 e. The van der Waals surface area contributed by atoms with Gasteiger partial charge in [-0.1, -0.05) is 11.2 Å². The number of methoxy groups -OCH3 is 2. The van der Waals surface area contributed by atoms with Crippen LogP contribution in [-0.4, -0.2) is 36.3 Å². The quantitative estimate of drug-likeness (QED) is 0.589. The maximum atomic E-state index is 12.1. The van der Waals surface area contributed by atoms with Crippen molar-refractivity contribution < 1.29 is 24.9 Å². The minimum Gasteiger partial charge on any atom is -0.599 e. The molecule has 0 fully saturated rings. The molecule has 1 aromatic heterocycles. The molecule has 2 aromatic rings. The fourth-order valence-corrected chi connectivity index (χ4v) is 2.12. The number of hydroxylamine groups is 1. The molecule has 1 atom stereocenters. The van der Waals surface area contributed by atoms with Crippen molar-refractivity contribution in [1.29, 1.82) is 0 Å². The van der Waals surface area contributed by atoms with Gasteiger partial charge in [0.25, 0.3) is 0 Å². The van der Waals surface area contributed by atoms with Gasteiger partial charge in [-0.15, -0.1) is 0 Å². The predicted molar refractivity (Wildman–Crippen MR) is 92.6 cm³/mol. The first-order valence-corrected chi connectivity index (χ1v) is 7.29. The molecule has 134 valence electrons. The van der Waals surface area contributed by atoms with Gasteiger partial charge in [-0.25, -0.2) is 4.79 Å². The van der Waals surface area contributed by atoms with Crippen molar-refractivity contribution >= 4 is 11.6 Å². The molecule has 1 heterocycles. The predicted octanol–water partition coefficient (Wildman–Crippen LogP) is 0.150. The summed E-state index contributed by atoms with van der Waals surface area (Å²) in [5.74, 6) is 0.480. The van der Waals surface area contributed by atoms with Crippen LogP contribution in [0.2, 0.25) is 0 Å². The SMILES string of the molecule is COc1ccc(CC(=O)[NH+]([O-])N=C(C)c2ccncc2)cc1OC.O. The standard InChI is InChI=1S/C17H19N3O4.H2O/c1-12(14-6-8-18-9-7-14)19-20(22)17(21)11-13-4-5-15(23-2)16(10-13)24-3;/h4-10,20H,11H2,1-3H3;1H2.